The number of hydrogen-bond donors (Lipinski definition) is 0. The lowest BCUT2D eigenvalue weighted by Crippen LogP contribution is -2.56. The van der Waals surface area contributed by atoms with Crippen LogP contribution in [-0.4, -0.2) is 13.4 Å². The average Bonchev–Trinajstić information content (AvgIpc) is 1.03. The molecule has 23 aromatic rings. The molecule has 7 heteroatoms. The van der Waals surface area contributed by atoms with E-state index in [1.54, 1.807) is 0 Å². The molecule has 1 aromatic heterocycles. The second-order valence-electron chi connectivity index (χ2n) is 37.9. The van der Waals surface area contributed by atoms with Gasteiger partial charge in [0.25, 0.3) is 0 Å². The van der Waals surface area contributed by atoms with Gasteiger partial charge in [-0.15, -0.1) is 0 Å². The smallest absolute Gasteiger partial charge is 0.243 e. The molecule has 0 spiro atoms. The number of hydrogen-bond acceptors (Lipinski definition) is 5. The topological polar surface area (TPSA) is 38.1 Å². The molecular weight excluding hydrogens is 1650 g/mol. The maximum absolute atomic E-state index is 7.22. The Kier molecular flexibility index (Phi) is 19.5. The first-order valence-electron chi connectivity index (χ1n) is 47.5. The summed E-state index contributed by atoms with van der Waals surface area (Å²) in [6, 6.07) is 155. The molecule has 136 heavy (non-hydrogen) atoms. The summed E-state index contributed by atoms with van der Waals surface area (Å²) in [7, 11) is 0. The minimum atomic E-state index is -0.235. The predicted octanol–water partition coefficient (Wildman–Crippen LogP) is 31.2. The van der Waals surface area contributed by atoms with Gasteiger partial charge in [-0.3, -0.25) is 0 Å². The summed E-state index contributed by atoms with van der Waals surface area (Å²) >= 11 is 0. The van der Waals surface area contributed by atoms with Crippen molar-refractivity contribution in [3.63, 3.8) is 0 Å². The number of furan rings is 1. The van der Waals surface area contributed by atoms with E-state index in [0.29, 0.717) is 0 Å². The Balaban J connectivity index is 0.000000146. The number of anilines is 6. The first-order valence-corrected chi connectivity index (χ1v) is 47.5. The fraction of sp³-hybridized carbons (Fsp3) is 0.0698. The fourth-order valence-corrected chi connectivity index (χ4v) is 23.7. The van der Waals surface area contributed by atoms with Crippen molar-refractivity contribution in [2.24, 2.45) is 0 Å². The monoisotopic (exact) mass is 1740 g/mol. The van der Waals surface area contributed by atoms with E-state index in [-0.39, 0.29) is 18.8 Å². The average molecular weight is 1740 g/mol. The van der Waals surface area contributed by atoms with Crippen LogP contribution in [0.5, 0.6) is 23.0 Å². The molecule has 2 aliphatic heterocycles. The van der Waals surface area contributed by atoms with Gasteiger partial charge in [-0.25, -0.2) is 0 Å². The van der Waals surface area contributed by atoms with Crippen molar-refractivity contribution in [1.29, 1.82) is 0 Å². The molecule has 0 saturated carbocycles. The van der Waals surface area contributed by atoms with Gasteiger partial charge in [0, 0.05) is 78.5 Å². The van der Waals surface area contributed by atoms with E-state index in [1.807, 2.05) is 6.07 Å². The molecular formula is C129H94B2N2O3. The van der Waals surface area contributed by atoms with Gasteiger partial charge in [-0.1, -0.05) is 395 Å². The predicted molar refractivity (Wildman–Crippen MR) is 578 cm³/mol. The SMILES string of the molecule is Cc1cc(C)c(B(c2c(C)cc(C)cc2C)c2cc3c4cccc5c4c(cc3c3ccccc23)-c2ccc(N(c3ccccc3-c3ccccc3)c3cccc4c3C(C)(C)c3ccccc3-4)cc2O5)c(C)c1.c1ccc(-c2ccccc2B(c2ccc3c(c2)oc2ccccc23)c2cc3c4cccc5c4c(cc3c3ccccc23)-c2ccc(N(c3ccccc3)c3ccccc3)cc2O5)cc1. The Bertz CT molecular complexity index is 8720. The number of para-hydroxylation sites is 4. The molecule has 0 bridgehead atoms. The Hall–Kier alpha value is -16.5. The van der Waals surface area contributed by atoms with Gasteiger partial charge in [0.05, 0.1) is 11.4 Å². The minimum absolute atomic E-state index is 0.0299. The second kappa shape index (κ2) is 32.5. The summed E-state index contributed by atoms with van der Waals surface area (Å²) < 4.78 is 20.7. The molecule has 1 aliphatic carbocycles. The number of rotatable bonds is 14. The molecule has 3 aliphatic rings. The van der Waals surface area contributed by atoms with Gasteiger partial charge < -0.3 is 23.7 Å². The molecule has 22 aromatic carbocycles. The zero-order valence-corrected chi connectivity index (χ0v) is 77.2. The third kappa shape index (κ3) is 13.3. The van der Waals surface area contributed by atoms with E-state index in [4.69, 9.17) is 13.9 Å². The highest BCUT2D eigenvalue weighted by atomic mass is 16.5. The molecule has 5 nitrogen and oxygen atoms in total. The van der Waals surface area contributed by atoms with Crippen molar-refractivity contribution >= 4 is 167 Å². The van der Waals surface area contributed by atoms with Gasteiger partial charge >= 0.3 is 0 Å². The van der Waals surface area contributed by atoms with E-state index < -0.39 is 0 Å². The van der Waals surface area contributed by atoms with Crippen molar-refractivity contribution < 1.29 is 13.9 Å². The maximum atomic E-state index is 7.22. The number of aryl methyl sites for hydroxylation is 6. The quantitative estimate of drug-likeness (QED) is 0.0801. The summed E-state index contributed by atoms with van der Waals surface area (Å²) in [6.45, 7) is 18.3. The number of ether oxygens (including phenoxy) is 2. The summed E-state index contributed by atoms with van der Waals surface area (Å²) in [5.74, 6) is 3.43. The van der Waals surface area contributed by atoms with Crippen LogP contribution >= 0.6 is 0 Å². The maximum Gasteiger partial charge on any atom is 0.243 e. The van der Waals surface area contributed by atoms with E-state index in [0.717, 1.165) is 107 Å². The van der Waals surface area contributed by atoms with E-state index in [1.165, 1.54) is 170 Å². The number of benzene rings is 22. The van der Waals surface area contributed by atoms with Crippen LogP contribution in [-0.2, 0) is 5.41 Å². The van der Waals surface area contributed by atoms with Gasteiger partial charge in [-0.2, -0.15) is 0 Å². The van der Waals surface area contributed by atoms with Crippen molar-refractivity contribution in [2.75, 3.05) is 9.80 Å². The largest absolute Gasteiger partial charge is 0.456 e. The molecule has 0 saturated heterocycles. The first-order chi connectivity index (χ1) is 66.7. The highest BCUT2D eigenvalue weighted by Crippen LogP contribution is 2.58. The summed E-state index contributed by atoms with van der Waals surface area (Å²) in [6.07, 6.45) is 0. The van der Waals surface area contributed by atoms with Crippen LogP contribution in [0.15, 0.2) is 429 Å². The van der Waals surface area contributed by atoms with Crippen molar-refractivity contribution in [3.8, 4) is 78.6 Å². The molecule has 26 rings (SSSR count). The third-order valence-electron chi connectivity index (χ3n) is 29.3. The Morgan fingerprint density at radius 2 is 0.654 bits per heavy atom. The number of fused-ring (bicyclic) bond motifs is 18. The van der Waals surface area contributed by atoms with Gasteiger partial charge in [0.2, 0.25) is 13.4 Å². The lowest BCUT2D eigenvalue weighted by Gasteiger charge is -2.34. The zero-order valence-electron chi connectivity index (χ0n) is 77.2. The molecule has 0 radical (unpaired) electrons. The molecule has 0 fully saturated rings. The molecule has 644 valence electrons. The van der Waals surface area contributed by atoms with Gasteiger partial charge in [-0.05, 0) is 243 Å². The van der Waals surface area contributed by atoms with Crippen LogP contribution in [0.4, 0.5) is 34.1 Å². The third-order valence-corrected chi connectivity index (χ3v) is 29.3. The van der Waals surface area contributed by atoms with Crippen molar-refractivity contribution in [3.05, 3.63) is 469 Å². The summed E-state index contributed by atoms with van der Waals surface area (Å²) in [5.41, 5.74) is 38.3. The second-order valence-corrected chi connectivity index (χ2v) is 37.9. The highest BCUT2D eigenvalue weighted by Gasteiger charge is 2.41. The standard InChI is InChI=1S/C69H56BNO.C60H38BNO2/c1-41-34-43(3)67(44(4)35-41)70(68-45(5)36-42(2)37-46(68)6)60-40-57-54-26-19-31-63-65(54)58(39-56(57)50-23-12-13-25-52(50)60)53-33-32-48(38-64(53)72-63)71(61-29-17-15-22-49(61)47-20-10-9-11-21-47)62-30-18-27-55-51-24-14-16-28-59(51)69(7,8)66(55)62;1-4-17-39(18-5-1)44-23-12-14-28-54(44)61(40-31-33-48-47-26-13-15-29-56(47)63-58(48)35-40)55-38-52-50-27-16-30-57-60(50)53(37-51(52)45-24-10-11-25-46(45)55)49-34-32-43(36-59(49)64-57)62(41-19-6-2-7-20-41)42-21-8-3-9-22-42/h9-40H,1-8H3;1-38H. The molecule has 0 unspecified atom stereocenters. The van der Waals surface area contributed by atoms with Crippen molar-refractivity contribution in [1.82, 2.24) is 0 Å². The number of nitrogens with zero attached hydrogens (tertiary/aromatic N) is 2. The molecule has 3 heterocycles. The van der Waals surface area contributed by atoms with Crippen LogP contribution in [0, 0.1) is 41.5 Å². The van der Waals surface area contributed by atoms with Gasteiger partial charge in [0.1, 0.15) is 34.2 Å². The van der Waals surface area contributed by atoms with Crippen LogP contribution in [0.2, 0.25) is 0 Å². The molecule has 0 amide bonds. The zero-order chi connectivity index (χ0) is 91.3. The van der Waals surface area contributed by atoms with Crippen LogP contribution in [0.1, 0.15) is 58.4 Å². The van der Waals surface area contributed by atoms with E-state index in [9.17, 15) is 0 Å². The van der Waals surface area contributed by atoms with E-state index >= 15 is 0 Å². The Morgan fingerprint density at radius 1 is 0.235 bits per heavy atom. The lowest BCUT2D eigenvalue weighted by molar-refractivity contribution is 0.487. The fourth-order valence-electron chi connectivity index (χ4n) is 23.7. The normalized spacial score (nSPS) is 12.4. The van der Waals surface area contributed by atoms with E-state index in [2.05, 4.69) is 484 Å². The van der Waals surface area contributed by atoms with Crippen LogP contribution in [0.25, 0.3) is 142 Å². The Labute approximate surface area is 793 Å². The summed E-state index contributed by atoms with van der Waals surface area (Å²) in [5, 5.41) is 16.8. The molecule has 0 N–H and O–H groups in total. The van der Waals surface area contributed by atoms with Crippen molar-refractivity contribution in [2.45, 2.75) is 60.8 Å². The Morgan fingerprint density at radius 3 is 1.22 bits per heavy atom. The minimum Gasteiger partial charge on any atom is -0.456 e. The van der Waals surface area contributed by atoms with Crippen LogP contribution < -0.4 is 52.1 Å². The molecule has 0 atom stereocenters. The highest BCUT2D eigenvalue weighted by molar-refractivity contribution is 6.99. The summed E-state index contributed by atoms with van der Waals surface area (Å²) in [4.78, 5) is 4.77. The van der Waals surface area contributed by atoms with Crippen LogP contribution in [0.3, 0.4) is 0 Å². The van der Waals surface area contributed by atoms with Gasteiger partial charge in [0.15, 0.2) is 0 Å². The lowest BCUT2D eigenvalue weighted by atomic mass is 9.33. The first kappa shape index (κ1) is 81.5.